The summed E-state index contributed by atoms with van der Waals surface area (Å²) in [6, 6.07) is 29.9. The normalized spacial score (nSPS) is 14.4. The molecule has 50 heavy (non-hydrogen) atoms. The monoisotopic (exact) mass is 650 g/mol. The van der Waals surface area contributed by atoms with Crippen LogP contribution in [0.5, 0.6) is 0 Å². The number of hydrogen-bond acceptors (Lipinski definition) is 4. The highest BCUT2D eigenvalue weighted by Gasteiger charge is 2.20. The van der Waals surface area contributed by atoms with Crippen LogP contribution in [-0.4, -0.2) is 19.5 Å². The van der Waals surface area contributed by atoms with Gasteiger partial charge in [0.2, 0.25) is 0 Å². The lowest BCUT2D eigenvalue weighted by molar-refractivity contribution is 0.669. The first-order valence-electron chi connectivity index (χ1n) is 20.9. The predicted octanol–water partition coefficient (Wildman–Crippen LogP) is 11.5. The molecule has 3 aromatic heterocycles. The van der Waals surface area contributed by atoms with Gasteiger partial charge in [0.1, 0.15) is 11.2 Å². The Morgan fingerprint density at radius 1 is 0.480 bits per heavy atom. The van der Waals surface area contributed by atoms with Crippen LogP contribution >= 0.6 is 0 Å². The fourth-order valence-corrected chi connectivity index (χ4v) is 6.72. The summed E-state index contributed by atoms with van der Waals surface area (Å²) in [5.74, 6) is -0.729. The van der Waals surface area contributed by atoms with Crippen LogP contribution in [0.1, 0.15) is 13.7 Å². The van der Waals surface area contributed by atoms with E-state index in [0.717, 1.165) is 38.6 Å². The Labute approximate surface area is 301 Å². The molecule has 0 saturated carbocycles. The molecule has 7 aromatic carbocycles. The van der Waals surface area contributed by atoms with Crippen LogP contribution in [0.3, 0.4) is 0 Å². The van der Waals surface area contributed by atoms with E-state index in [1.165, 1.54) is 0 Å². The standard InChI is InChI=1S/C45H28N4O/c1-4-14-29(15-5-1)43-46-44(30-16-6-2-7-17-30)48-45(47-43)36-23-13-25-40-41(36)37-28-31(26-27-39(37)50-40)33-21-12-22-35-34-20-10-11-24-38(34)49(42(33)35)32-18-8-3-9-19-32/h1-28H/i1D,2D,4D,5D,6D,7D,14D,15D,16D,17D. The summed E-state index contributed by atoms with van der Waals surface area (Å²) in [7, 11) is 0. The molecular formula is C45H28N4O. The molecule has 0 fully saturated rings. The smallest absolute Gasteiger partial charge is 0.164 e. The van der Waals surface area contributed by atoms with Crippen molar-refractivity contribution in [2.75, 3.05) is 0 Å². The quantitative estimate of drug-likeness (QED) is 0.186. The number of hydrogen-bond donors (Lipinski definition) is 0. The zero-order valence-electron chi connectivity index (χ0n) is 36.1. The number of furan rings is 1. The maximum Gasteiger partial charge on any atom is 0.164 e. The van der Waals surface area contributed by atoms with Gasteiger partial charge in [-0.05, 0) is 42.0 Å². The van der Waals surface area contributed by atoms with Crippen molar-refractivity contribution in [3.63, 3.8) is 0 Å². The van der Waals surface area contributed by atoms with Gasteiger partial charge in [0.25, 0.3) is 0 Å². The summed E-state index contributed by atoms with van der Waals surface area (Å²) >= 11 is 0. The largest absolute Gasteiger partial charge is 0.456 e. The molecule has 0 amide bonds. The summed E-state index contributed by atoms with van der Waals surface area (Å²) in [4.78, 5) is 13.8. The van der Waals surface area contributed by atoms with Crippen LogP contribution in [0.15, 0.2) is 174 Å². The van der Waals surface area contributed by atoms with Crippen molar-refractivity contribution in [3.8, 4) is 51.0 Å². The van der Waals surface area contributed by atoms with Crippen LogP contribution in [-0.2, 0) is 0 Å². The SMILES string of the molecule is [2H]c1c([2H])c([2H])c(-c2nc(-c3c([2H])c([2H])c([2H])c([2H])c3[2H])nc(-c3cccc4oc5ccc(-c6cccc7c8ccccc8n(-c8ccccc8)c67)cc5c34)n2)c([2H])c1[2H]. The lowest BCUT2D eigenvalue weighted by Gasteiger charge is -2.12. The van der Waals surface area contributed by atoms with E-state index in [2.05, 4.69) is 45.9 Å². The van der Waals surface area contributed by atoms with E-state index < -0.39 is 60.4 Å². The van der Waals surface area contributed by atoms with Crippen molar-refractivity contribution in [2.24, 2.45) is 0 Å². The van der Waals surface area contributed by atoms with E-state index in [1.54, 1.807) is 18.2 Å². The molecule has 10 aromatic rings. The molecule has 0 unspecified atom stereocenters. The summed E-state index contributed by atoms with van der Waals surface area (Å²) in [6.45, 7) is 0. The molecule has 0 spiro atoms. The second kappa shape index (κ2) is 11.4. The minimum atomic E-state index is -0.617. The first-order valence-corrected chi connectivity index (χ1v) is 15.9. The van der Waals surface area contributed by atoms with Crippen LogP contribution in [0, 0.1) is 0 Å². The zero-order chi connectivity index (χ0) is 41.7. The number of nitrogens with zero attached hydrogens (tertiary/aromatic N) is 4. The number of fused-ring (bicyclic) bond motifs is 6. The molecule has 5 heteroatoms. The Morgan fingerprint density at radius 2 is 1.12 bits per heavy atom. The molecule has 0 aliphatic carbocycles. The Balaban J connectivity index is 1.26. The van der Waals surface area contributed by atoms with Crippen LogP contribution < -0.4 is 0 Å². The van der Waals surface area contributed by atoms with Gasteiger partial charge in [-0.25, -0.2) is 15.0 Å². The minimum absolute atomic E-state index is 0.0429. The number of aromatic nitrogens is 4. The maximum absolute atomic E-state index is 8.74. The van der Waals surface area contributed by atoms with Gasteiger partial charge in [-0.1, -0.05) is 133 Å². The fourth-order valence-electron chi connectivity index (χ4n) is 6.72. The molecular weight excluding hydrogens is 613 g/mol. The van der Waals surface area contributed by atoms with E-state index >= 15 is 0 Å². The Hall–Kier alpha value is -6.85. The molecule has 10 rings (SSSR count). The van der Waals surface area contributed by atoms with Crippen molar-refractivity contribution < 1.29 is 18.1 Å². The Morgan fingerprint density at radius 3 is 1.88 bits per heavy atom. The second-order valence-corrected chi connectivity index (χ2v) is 11.7. The Kier molecular flexibility index (Phi) is 4.52. The summed E-state index contributed by atoms with van der Waals surface area (Å²) in [5, 5.41) is 3.48. The van der Waals surface area contributed by atoms with Crippen LogP contribution in [0.25, 0.3) is 94.7 Å². The van der Waals surface area contributed by atoms with Gasteiger partial charge in [-0.15, -0.1) is 0 Å². The topological polar surface area (TPSA) is 56.7 Å². The maximum atomic E-state index is 8.74. The van der Waals surface area contributed by atoms with Crippen molar-refractivity contribution in [1.82, 2.24) is 19.5 Å². The van der Waals surface area contributed by atoms with Gasteiger partial charge in [0.05, 0.1) is 24.7 Å². The summed E-state index contributed by atoms with van der Waals surface area (Å²) in [6.07, 6.45) is 0. The molecule has 0 N–H and O–H groups in total. The number of benzene rings is 7. The van der Waals surface area contributed by atoms with Gasteiger partial charge in [-0.2, -0.15) is 0 Å². The number of para-hydroxylation sites is 3. The third kappa shape index (κ3) is 4.52. The fraction of sp³-hybridized carbons (Fsp3) is 0. The van der Waals surface area contributed by atoms with Crippen LogP contribution in [0.4, 0.5) is 0 Å². The van der Waals surface area contributed by atoms with Crippen molar-refractivity contribution in [3.05, 3.63) is 170 Å². The van der Waals surface area contributed by atoms with E-state index in [4.69, 9.17) is 28.1 Å². The third-order valence-corrected chi connectivity index (χ3v) is 8.84. The molecule has 0 aliphatic heterocycles. The molecule has 234 valence electrons. The molecule has 0 radical (unpaired) electrons. The van der Waals surface area contributed by atoms with E-state index in [-0.39, 0.29) is 28.6 Å². The van der Waals surface area contributed by atoms with Gasteiger partial charge >= 0.3 is 0 Å². The molecule has 0 bridgehead atoms. The second-order valence-electron chi connectivity index (χ2n) is 11.7. The first-order chi connectivity index (χ1) is 28.9. The van der Waals surface area contributed by atoms with Crippen LogP contribution in [0.2, 0.25) is 0 Å². The zero-order valence-corrected chi connectivity index (χ0v) is 26.1. The third-order valence-electron chi connectivity index (χ3n) is 8.84. The average Bonchev–Trinajstić information content (AvgIpc) is 3.82. The average molecular weight is 651 g/mol. The van der Waals surface area contributed by atoms with Crippen molar-refractivity contribution in [2.45, 2.75) is 0 Å². The highest BCUT2D eigenvalue weighted by atomic mass is 16.3. The van der Waals surface area contributed by atoms with Gasteiger partial charge in [0, 0.05) is 49.5 Å². The predicted molar refractivity (Wildman–Crippen MR) is 203 cm³/mol. The van der Waals surface area contributed by atoms with Gasteiger partial charge in [0.15, 0.2) is 17.5 Å². The first kappa shape index (κ1) is 19.8. The molecule has 0 atom stereocenters. The molecule has 5 nitrogen and oxygen atoms in total. The lowest BCUT2D eigenvalue weighted by Crippen LogP contribution is -2.00. The Bertz CT molecular complexity index is 3310. The molecule has 3 heterocycles. The minimum Gasteiger partial charge on any atom is -0.456 e. The number of rotatable bonds is 5. The summed E-state index contributed by atoms with van der Waals surface area (Å²) in [5.41, 5.74) is 5.70. The molecule has 0 aliphatic rings. The van der Waals surface area contributed by atoms with E-state index in [9.17, 15) is 0 Å². The molecule has 0 saturated heterocycles. The lowest BCUT2D eigenvalue weighted by atomic mass is 9.98. The van der Waals surface area contributed by atoms with Gasteiger partial charge < -0.3 is 8.98 Å². The highest BCUT2D eigenvalue weighted by Crippen LogP contribution is 2.42. The highest BCUT2D eigenvalue weighted by molar-refractivity contribution is 6.16. The van der Waals surface area contributed by atoms with E-state index in [1.807, 2.05) is 54.6 Å². The van der Waals surface area contributed by atoms with Crippen molar-refractivity contribution in [1.29, 1.82) is 0 Å². The van der Waals surface area contributed by atoms with Gasteiger partial charge in [-0.3, -0.25) is 0 Å². The summed E-state index contributed by atoms with van der Waals surface area (Å²) < 4.78 is 93.4. The van der Waals surface area contributed by atoms with Crippen molar-refractivity contribution >= 4 is 43.7 Å². The van der Waals surface area contributed by atoms with E-state index in [0.29, 0.717) is 27.5 Å².